The van der Waals surface area contributed by atoms with Crippen LogP contribution in [0.15, 0.2) is 40.6 Å². The Hall–Kier alpha value is -1.82. The number of hydrogen-bond acceptors (Lipinski definition) is 7. The van der Waals surface area contributed by atoms with E-state index in [2.05, 4.69) is 27.6 Å². The highest BCUT2D eigenvalue weighted by atomic mass is 35.5. The number of carbonyl (C=O) groups excluding carboxylic acids is 2. The van der Waals surface area contributed by atoms with Gasteiger partial charge in [0.2, 0.25) is 15.9 Å². The third kappa shape index (κ3) is 8.84. The third-order valence-corrected chi connectivity index (χ3v) is 10.8. The number of sulfonamides is 1. The molecule has 1 aromatic heterocycles. The largest absolute Gasteiger partial charge is 0.324 e. The van der Waals surface area contributed by atoms with Gasteiger partial charge in [-0.05, 0) is 74.7 Å². The second kappa shape index (κ2) is 16.1. The molecule has 0 saturated carbocycles. The zero-order valence-corrected chi connectivity index (χ0v) is 26.6. The first-order valence-corrected chi connectivity index (χ1v) is 17.1. The van der Waals surface area contributed by atoms with Crippen LogP contribution in [0.2, 0.25) is 0 Å². The molecule has 0 radical (unpaired) electrons. The second-order valence-electron chi connectivity index (χ2n) is 11.0. The summed E-state index contributed by atoms with van der Waals surface area (Å²) in [6, 6.07) is 8.00. The van der Waals surface area contributed by atoms with Crippen LogP contribution in [0.3, 0.4) is 0 Å². The molecular weight excluding hydrogens is 580 g/mol. The molecule has 3 atom stereocenters. The zero-order valence-electron chi connectivity index (χ0n) is 24.1. The predicted molar refractivity (Wildman–Crippen MR) is 169 cm³/mol. The molecule has 3 heterocycles. The van der Waals surface area contributed by atoms with E-state index >= 15 is 0 Å². The summed E-state index contributed by atoms with van der Waals surface area (Å²) in [5.74, 6) is 0.330. The van der Waals surface area contributed by atoms with Gasteiger partial charge in [0.05, 0.1) is 11.7 Å². The number of piperidine rings is 2. The van der Waals surface area contributed by atoms with Crippen molar-refractivity contribution in [2.75, 3.05) is 31.5 Å². The number of Topliss-reactive ketones (excluding diaryl/α,β-unsaturated/α-hetero) is 1. The lowest BCUT2D eigenvalue weighted by Gasteiger charge is -2.33. The van der Waals surface area contributed by atoms with Crippen LogP contribution >= 0.6 is 23.7 Å². The first-order chi connectivity index (χ1) is 19.3. The molecule has 0 unspecified atom stereocenters. The van der Waals surface area contributed by atoms with E-state index in [1.807, 2.05) is 23.6 Å². The molecule has 4 N–H and O–H groups in total. The van der Waals surface area contributed by atoms with Gasteiger partial charge in [-0.25, -0.2) is 13.1 Å². The average Bonchev–Trinajstić information content (AvgIpc) is 3.51. The lowest BCUT2D eigenvalue weighted by molar-refractivity contribution is -0.127. The number of halogens is 1. The normalized spacial score (nSPS) is 20.6. The minimum absolute atomic E-state index is 0. The monoisotopic (exact) mass is 624 g/mol. The van der Waals surface area contributed by atoms with E-state index in [0.29, 0.717) is 24.4 Å². The molecule has 228 valence electrons. The smallest absolute Gasteiger partial charge is 0.243 e. The van der Waals surface area contributed by atoms with E-state index in [1.54, 1.807) is 13.0 Å². The van der Waals surface area contributed by atoms with E-state index in [-0.39, 0.29) is 52.9 Å². The van der Waals surface area contributed by atoms with E-state index in [4.69, 9.17) is 0 Å². The van der Waals surface area contributed by atoms with Crippen LogP contribution in [-0.2, 0) is 19.6 Å². The molecule has 2 fully saturated rings. The molecule has 2 aliphatic heterocycles. The summed E-state index contributed by atoms with van der Waals surface area (Å²) < 4.78 is 30.9. The molecule has 2 aromatic rings. The van der Waals surface area contributed by atoms with Gasteiger partial charge in [0.1, 0.15) is 4.90 Å². The zero-order chi connectivity index (χ0) is 28.5. The Balaban J connectivity index is 0.00000462. The van der Waals surface area contributed by atoms with Crippen molar-refractivity contribution in [3.05, 3.63) is 35.7 Å². The van der Waals surface area contributed by atoms with Crippen molar-refractivity contribution in [3.8, 4) is 10.4 Å². The molecule has 0 aliphatic carbocycles. The number of rotatable bonds is 13. The number of para-hydroxylation sites is 1. The number of nitrogens with one attached hydrogen (secondary N) is 4. The van der Waals surface area contributed by atoms with Gasteiger partial charge in [-0.15, -0.1) is 23.7 Å². The Morgan fingerprint density at radius 3 is 2.49 bits per heavy atom. The Kier molecular flexibility index (Phi) is 13.3. The summed E-state index contributed by atoms with van der Waals surface area (Å²) in [6.07, 6.45) is 6.50. The standard InChI is InChI=1S/C30H44N4O4S2.ClH/c1-3-22-15-18-32-20-24(22)30(36)25(10-5-8-21-13-16-31-17-14-21)34-40(37,38)27-12-6-9-23(26-11-7-19-39-26)29(27)33-28(35)4-2;/h6-7,9,11-12,19,21-22,24-25,31-32,34H,3-5,8,10,13-18,20H2,1-2H3,(H,33,35);1H/t22-,24+,25-;/m0./s1. The molecule has 8 nitrogen and oxygen atoms in total. The number of amides is 1. The van der Waals surface area contributed by atoms with E-state index in [9.17, 15) is 18.0 Å². The lowest BCUT2D eigenvalue weighted by atomic mass is 9.79. The number of ketones is 1. The van der Waals surface area contributed by atoms with Gasteiger partial charge in [0.15, 0.2) is 5.78 Å². The third-order valence-electron chi connectivity index (χ3n) is 8.41. The maximum atomic E-state index is 14.0. The highest BCUT2D eigenvalue weighted by Crippen LogP contribution is 2.37. The molecule has 0 spiro atoms. The number of anilines is 1. The van der Waals surface area contributed by atoms with Gasteiger partial charge in [0.25, 0.3) is 0 Å². The van der Waals surface area contributed by atoms with E-state index < -0.39 is 16.1 Å². The summed E-state index contributed by atoms with van der Waals surface area (Å²) in [4.78, 5) is 27.3. The van der Waals surface area contributed by atoms with E-state index in [1.165, 1.54) is 17.4 Å². The SMILES string of the molecule is CCC(=O)Nc1c(-c2cccs2)cccc1S(=O)(=O)N[C@@H](CCCC1CCNCC1)C(=O)[C@@H]1CNCC[C@@H]1CC.Cl. The number of thiophene rings is 1. The van der Waals surface area contributed by atoms with Gasteiger partial charge in [0, 0.05) is 29.3 Å². The molecular formula is C30H45ClN4O4S2. The van der Waals surface area contributed by atoms with Crippen molar-refractivity contribution in [1.29, 1.82) is 0 Å². The number of benzene rings is 1. The molecule has 11 heteroatoms. The van der Waals surface area contributed by atoms with E-state index in [0.717, 1.165) is 63.0 Å². The fourth-order valence-corrected chi connectivity index (χ4v) is 8.21. The fourth-order valence-electron chi connectivity index (χ4n) is 6.03. The summed E-state index contributed by atoms with van der Waals surface area (Å²) in [5, 5.41) is 11.5. The lowest BCUT2D eigenvalue weighted by Crippen LogP contribution is -2.50. The molecule has 2 aliphatic rings. The van der Waals surface area contributed by atoms with Crippen LogP contribution in [0.5, 0.6) is 0 Å². The topological polar surface area (TPSA) is 116 Å². The molecule has 1 aromatic carbocycles. The van der Waals surface area contributed by atoms with Gasteiger partial charge in [-0.3, -0.25) is 9.59 Å². The van der Waals surface area contributed by atoms with Crippen molar-refractivity contribution in [1.82, 2.24) is 15.4 Å². The molecule has 2 saturated heterocycles. The van der Waals surface area contributed by atoms with Gasteiger partial charge < -0.3 is 16.0 Å². The minimum Gasteiger partial charge on any atom is -0.324 e. The first-order valence-electron chi connectivity index (χ1n) is 14.8. The first kappa shape index (κ1) is 33.7. The molecule has 1 amide bonds. The van der Waals surface area contributed by atoms with Crippen molar-refractivity contribution in [2.24, 2.45) is 17.8 Å². The quantitative estimate of drug-likeness (QED) is 0.243. The maximum Gasteiger partial charge on any atom is 0.243 e. The Labute approximate surface area is 255 Å². The summed E-state index contributed by atoms with van der Waals surface area (Å²) >= 11 is 1.48. The Morgan fingerprint density at radius 1 is 1.05 bits per heavy atom. The van der Waals surface area contributed by atoms with Crippen LogP contribution in [0, 0.1) is 17.8 Å². The average molecular weight is 625 g/mol. The Bertz CT molecular complexity index is 1230. The predicted octanol–water partition coefficient (Wildman–Crippen LogP) is 5.21. The minimum atomic E-state index is -4.13. The van der Waals surface area contributed by atoms with Crippen molar-refractivity contribution in [3.63, 3.8) is 0 Å². The van der Waals surface area contributed by atoms with Crippen LogP contribution in [0.4, 0.5) is 5.69 Å². The van der Waals surface area contributed by atoms with Gasteiger partial charge in [-0.1, -0.05) is 51.3 Å². The van der Waals surface area contributed by atoms with Crippen molar-refractivity contribution >= 4 is 51.1 Å². The van der Waals surface area contributed by atoms with Crippen molar-refractivity contribution < 1.29 is 18.0 Å². The maximum absolute atomic E-state index is 14.0. The number of hydrogen-bond donors (Lipinski definition) is 4. The molecule has 4 rings (SSSR count). The van der Waals surface area contributed by atoms with Gasteiger partial charge >= 0.3 is 0 Å². The van der Waals surface area contributed by atoms with Gasteiger partial charge in [-0.2, -0.15) is 0 Å². The second-order valence-corrected chi connectivity index (χ2v) is 13.7. The highest BCUT2D eigenvalue weighted by Gasteiger charge is 2.36. The summed E-state index contributed by atoms with van der Waals surface area (Å²) in [7, 11) is -4.13. The molecule has 41 heavy (non-hydrogen) atoms. The number of carbonyl (C=O) groups is 2. The van der Waals surface area contributed by atoms with Crippen LogP contribution in [-0.4, -0.2) is 52.3 Å². The van der Waals surface area contributed by atoms with Crippen molar-refractivity contribution in [2.45, 2.75) is 76.2 Å². The summed E-state index contributed by atoms with van der Waals surface area (Å²) in [5.41, 5.74) is 0.909. The molecule has 0 bridgehead atoms. The van der Waals surface area contributed by atoms with Crippen LogP contribution < -0.4 is 20.7 Å². The summed E-state index contributed by atoms with van der Waals surface area (Å²) in [6.45, 7) is 7.32. The van der Waals surface area contributed by atoms with Crippen LogP contribution in [0.25, 0.3) is 10.4 Å². The fraction of sp³-hybridized carbons (Fsp3) is 0.600. The Morgan fingerprint density at radius 2 is 1.80 bits per heavy atom. The van der Waals surface area contributed by atoms with Crippen LogP contribution in [0.1, 0.15) is 65.2 Å². The highest BCUT2D eigenvalue weighted by molar-refractivity contribution is 7.89.